The van der Waals surface area contributed by atoms with Gasteiger partial charge in [-0.3, -0.25) is 4.79 Å². The Bertz CT molecular complexity index is 700. The Balaban J connectivity index is 1.43. The lowest BCUT2D eigenvalue weighted by Gasteiger charge is -2.33. The van der Waals surface area contributed by atoms with E-state index >= 15 is 0 Å². The van der Waals surface area contributed by atoms with Crippen LogP contribution < -0.4 is 0 Å². The molecule has 0 bridgehead atoms. The van der Waals surface area contributed by atoms with Gasteiger partial charge in [-0.2, -0.15) is 0 Å². The molecular formula is C19H23N3O2. The van der Waals surface area contributed by atoms with Crippen molar-refractivity contribution >= 4 is 5.91 Å². The number of nitrogens with zero attached hydrogens (tertiary/aromatic N) is 3. The molecule has 2 aliphatic rings. The topological polar surface area (TPSA) is 59.2 Å². The minimum absolute atomic E-state index is 0.0356. The van der Waals surface area contributed by atoms with E-state index < -0.39 is 0 Å². The number of hydrogen-bond acceptors (Lipinski definition) is 4. The highest BCUT2D eigenvalue weighted by atomic mass is 16.4. The van der Waals surface area contributed by atoms with Crippen LogP contribution in [0, 0.1) is 12.8 Å². The third kappa shape index (κ3) is 3.07. The molecule has 1 amide bonds. The molecule has 1 aliphatic heterocycles. The van der Waals surface area contributed by atoms with Crippen LogP contribution in [0.15, 0.2) is 34.7 Å². The number of aryl methyl sites for hydroxylation is 1. The molecule has 1 saturated carbocycles. The largest absolute Gasteiger partial charge is 0.425 e. The smallest absolute Gasteiger partial charge is 0.230 e. The summed E-state index contributed by atoms with van der Waals surface area (Å²) in [5, 5.41) is 8.06. The number of aromatic nitrogens is 2. The lowest BCUT2D eigenvalue weighted by atomic mass is 9.90. The van der Waals surface area contributed by atoms with E-state index in [1.165, 1.54) is 18.4 Å². The standard InChI is InChI=1S/C19H23N3O2/c1-13-20-21-18(24-13)16-9-11-22(12-10-16)19(23)17(15-7-8-15)14-5-3-2-4-6-14/h2-6,15-17H,7-12H2,1H3. The molecule has 0 spiro atoms. The SMILES string of the molecule is Cc1nnc(C2CCN(C(=O)C(c3ccccc3)C3CC3)CC2)o1. The number of benzene rings is 1. The number of hydrogen-bond donors (Lipinski definition) is 0. The fourth-order valence-electron chi connectivity index (χ4n) is 3.73. The van der Waals surface area contributed by atoms with Gasteiger partial charge < -0.3 is 9.32 Å². The maximum atomic E-state index is 13.1. The van der Waals surface area contributed by atoms with Gasteiger partial charge in [0.25, 0.3) is 0 Å². The summed E-state index contributed by atoms with van der Waals surface area (Å²) >= 11 is 0. The molecule has 1 aromatic heterocycles. The first kappa shape index (κ1) is 15.4. The van der Waals surface area contributed by atoms with Crippen LogP contribution in [0.25, 0.3) is 0 Å². The van der Waals surface area contributed by atoms with Gasteiger partial charge in [-0.25, -0.2) is 0 Å². The monoisotopic (exact) mass is 325 g/mol. The van der Waals surface area contributed by atoms with Crippen molar-refractivity contribution in [3.8, 4) is 0 Å². The maximum absolute atomic E-state index is 13.1. The molecule has 2 aromatic rings. The van der Waals surface area contributed by atoms with Crippen molar-refractivity contribution in [2.24, 2.45) is 5.92 Å². The summed E-state index contributed by atoms with van der Waals surface area (Å²) in [5.41, 5.74) is 1.17. The molecular weight excluding hydrogens is 302 g/mol. The van der Waals surface area contributed by atoms with Crippen LogP contribution in [-0.2, 0) is 4.79 Å². The van der Waals surface area contributed by atoms with Crippen LogP contribution in [0.5, 0.6) is 0 Å². The van der Waals surface area contributed by atoms with E-state index in [4.69, 9.17) is 4.42 Å². The summed E-state index contributed by atoms with van der Waals surface area (Å²) in [5.74, 6) is 2.47. The molecule has 1 unspecified atom stereocenters. The van der Waals surface area contributed by atoms with E-state index in [1.807, 2.05) is 30.0 Å². The minimum atomic E-state index is 0.0356. The van der Waals surface area contributed by atoms with Gasteiger partial charge in [0.1, 0.15) is 0 Å². The minimum Gasteiger partial charge on any atom is -0.425 e. The van der Waals surface area contributed by atoms with E-state index in [0.717, 1.165) is 31.8 Å². The zero-order valence-corrected chi connectivity index (χ0v) is 14.0. The van der Waals surface area contributed by atoms with Crippen LogP contribution in [0.1, 0.15) is 54.9 Å². The van der Waals surface area contributed by atoms with Gasteiger partial charge in [0.15, 0.2) is 0 Å². The number of rotatable bonds is 4. The Morgan fingerprint density at radius 3 is 2.42 bits per heavy atom. The van der Waals surface area contributed by atoms with Gasteiger partial charge in [0.2, 0.25) is 17.7 Å². The summed E-state index contributed by atoms with van der Waals surface area (Å²) in [6, 6.07) is 10.3. The Kier molecular flexibility index (Phi) is 4.08. The van der Waals surface area contributed by atoms with E-state index in [2.05, 4.69) is 22.3 Å². The molecule has 24 heavy (non-hydrogen) atoms. The average molecular weight is 325 g/mol. The van der Waals surface area contributed by atoms with Crippen LogP contribution >= 0.6 is 0 Å². The normalized spacial score (nSPS) is 20.1. The molecule has 1 aliphatic carbocycles. The van der Waals surface area contributed by atoms with Gasteiger partial charge in [-0.15, -0.1) is 10.2 Å². The highest BCUT2D eigenvalue weighted by Crippen LogP contribution is 2.44. The van der Waals surface area contributed by atoms with Crippen molar-refractivity contribution in [1.29, 1.82) is 0 Å². The molecule has 5 nitrogen and oxygen atoms in total. The van der Waals surface area contributed by atoms with Crippen LogP contribution in [0.3, 0.4) is 0 Å². The molecule has 1 aromatic carbocycles. The first-order valence-corrected chi connectivity index (χ1v) is 8.86. The first-order chi connectivity index (χ1) is 11.7. The number of piperidine rings is 1. The number of carbonyl (C=O) groups excluding carboxylic acids is 1. The molecule has 1 saturated heterocycles. The lowest BCUT2D eigenvalue weighted by Crippen LogP contribution is -2.41. The lowest BCUT2D eigenvalue weighted by molar-refractivity contribution is -0.134. The Hall–Kier alpha value is -2.17. The van der Waals surface area contributed by atoms with Gasteiger partial charge in [-0.1, -0.05) is 30.3 Å². The zero-order chi connectivity index (χ0) is 16.5. The highest BCUT2D eigenvalue weighted by molar-refractivity contribution is 5.84. The van der Waals surface area contributed by atoms with Crippen LogP contribution in [0.2, 0.25) is 0 Å². The zero-order valence-electron chi connectivity index (χ0n) is 14.0. The second-order valence-corrected chi connectivity index (χ2v) is 6.98. The summed E-state index contributed by atoms with van der Waals surface area (Å²) in [4.78, 5) is 15.1. The number of amides is 1. The van der Waals surface area contributed by atoms with Crippen molar-refractivity contribution in [1.82, 2.24) is 15.1 Å². The maximum Gasteiger partial charge on any atom is 0.230 e. The molecule has 0 radical (unpaired) electrons. The predicted octanol–water partition coefficient (Wildman–Crippen LogP) is 3.28. The van der Waals surface area contributed by atoms with Gasteiger partial charge in [0.05, 0.1) is 5.92 Å². The van der Waals surface area contributed by atoms with Crippen molar-refractivity contribution in [2.75, 3.05) is 13.1 Å². The van der Waals surface area contributed by atoms with E-state index in [1.54, 1.807) is 0 Å². The van der Waals surface area contributed by atoms with Gasteiger partial charge >= 0.3 is 0 Å². The predicted molar refractivity (Wildman–Crippen MR) is 89.5 cm³/mol. The van der Waals surface area contributed by atoms with Crippen molar-refractivity contribution in [3.05, 3.63) is 47.7 Å². The fourth-order valence-corrected chi connectivity index (χ4v) is 3.73. The molecule has 5 heteroatoms. The molecule has 0 N–H and O–H groups in total. The van der Waals surface area contributed by atoms with E-state index in [9.17, 15) is 4.79 Å². The summed E-state index contributed by atoms with van der Waals surface area (Å²) in [6.07, 6.45) is 4.14. The van der Waals surface area contributed by atoms with Crippen molar-refractivity contribution < 1.29 is 9.21 Å². The Morgan fingerprint density at radius 2 is 1.83 bits per heavy atom. The van der Waals surface area contributed by atoms with Crippen molar-refractivity contribution in [3.63, 3.8) is 0 Å². The summed E-state index contributed by atoms with van der Waals surface area (Å²) < 4.78 is 5.56. The van der Waals surface area contributed by atoms with Crippen LogP contribution in [0.4, 0.5) is 0 Å². The average Bonchev–Trinajstić information content (AvgIpc) is 3.36. The van der Waals surface area contributed by atoms with E-state index in [0.29, 0.717) is 17.7 Å². The molecule has 2 fully saturated rings. The third-order valence-electron chi connectivity index (χ3n) is 5.22. The summed E-state index contributed by atoms with van der Waals surface area (Å²) in [6.45, 7) is 3.37. The molecule has 126 valence electrons. The first-order valence-electron chi connectivity index (χ1n) is 8.86. The summed E-state index contributed by atoms with van der Waals surface area (Å²) in [7, 11) is 0. The quantitative estimate of drug-likeness (QED) is 0.865. The van der Waals surface area contributed by atoms with Gasteiger partial charge in [-0.05, 0) is 37.2 Å². The number of likely N-dealkylation sites (tertiary alicyclic amines) is 1. The fraction of sp³-hybridized carbons (Fsp3) is 0.526. The number of carbonyl (C=O) groups is 1. The van der Waals surface area contributed by atoms with Crippen LogP contribution in [-0.4, -0.2) is 34.1 Å². The second-order valence-electron chi connectivity index (χ2n) is 6.98. The third-order valence-corrected chi connectivity index (χ3v) is 5.22. The Morgan fingerprint density at radius 1 is 1.12 bits per heavy atom. The van der Waals surface area contributed by atoms with Gasteiger partial charge in [0, 0.05) is 25.9 Å². The molecule has 4 rings (SSSR count). The van der Waals surface area contributed by atoms with E-state index in [-0.39, 0.29) is 11.8 Å². The molecule has 1 atom stereocenters. The Labute approximate surface area is 142 Å². The van der Waals surface area contributed by atoms with Crippen molar-refractivity contribution in [2.45, 2.75) is 44.4 Å². The second kappa shape index (κ2) is 6.38. The highest BCUT2D eigenvalue weighted by Gasteiger charge is 2.40. The molecule has 2 heterocycles.